The lowest BCUT2D eigenvalue weighted by atomic mass is 9.88. The Kier molecular flexibility index (Phi) is 10.9. The first-order valence-electron chi connectivity index (χ1n) is 9.92. The third kappa shape index (κ3) is 9.14. The first kappa shape index (κ1) is 22.4. The molecule has 0 amide bonds. The van der Waals surface area contributed by atoms with Gasteiger partial charge in [0.2, 0.25) is 0 Å². The summed E-state index contributed by atoms with van der Waals surface area (Å²) in [5.41, 5.74) is 0. The number of ketones is 1. The molecule has 146 valence electrons. The molecule has 4 heteroatoms. The van der Waals surface area contributed by atoms with Crippen molar-refractivity contribution in [1.29, 1.82) is 0 Å². The monoisotopic (exact) mass is 362 g/mol. The van der Waals surface area contributed by atoms with Crippen LogP contribution in [0.2, 0.25) is 0 Å². The van der Waals surface area contributed by atoms with E-state index in [1.54, 1.807) is 12.2 Å². The topological polar surface area (TPSA) is 74.6 Å². The summed E-state index contributed by atoms with van der Waals surface area (Å²) in [6, 6.07) is 0. The van der Waals surface area contributed by atoms with E-state index in [9.17, 15) is 14.7 Å². The largest absolute Gasteiger partial charge is 0.478 e. The zero-order valence-corrected chi connectivity index (χ0v) is 16.1. The Morgan fingerprint density at radius 3 is 2.77 bits per heavy atom. The zero-order chi connectivity index (χ0) is 19.4. The van der Waals surface area contributed by atoms with Gasteiger partial charge in [-0.15, -0.1) is 0 Å². The standard InChI is InChI=1S/C22H34O4/c1-3-4-9-17(2)16-19(23)14-12-18-13-15-21(24)20(18)10-7-5-6-8-11-22(25)26/h8,11-15,17-20,23H,3-7,9-10,16H2,1-2H3,(H,25,26)/b11-8+,14-12+. The van der Waals surface area contributed by atoms with E-state index in [4.69, 9.17) is 5.11 Å². The average Bonchev–Trinajstić information content (AvgIpc) is 2.94. The second kappa shape index (κ2) is 12.6. The average molecular weight is 363 g/mol. The minimum absolute atomic E-state index is 0.0422. The summed E-state index contributed by atoms with van der Waals surface area (Å²) in [6.07, 6.45) is 17.3. The number of aliphatic hydroxyl groups excluding tert-OH is 1. The molecule has 0 saturated carbocycles. The van der Waals surface area contributed by atoms with Gasteiger partial charge in [-0.05, 0) is 37.7 Å². The van der Waals surface area contributed by atoms with Crippen molar-refractivity contribution in [1.82, 2.24) is 0 Å². The SMILES string of the molecule is CCCCC(C)CC(O)/C=C/C1C=CC(=O)C1CCCC/C=C/C(=O)O. The number of carbonyl (C=O) groups is 2. The van der Waals surface area contributed by atoms with Crippen LogP contribution in [0.25, 0.3) is 0 Å². The van der Waals surface area contributed by atoms with Crippen LogP contribution in [0.3, 0.4) is 0 Å². The van der Waals surface area contributed by atoms with Crippen LogP contribution in [0.15, 0.2) is 36.5 Å². The number of allylic oxidation sites excluding steroid dienone is 4. The fraction of sp³-hybridized carbons (Fsp3) is 0.636. The molecular weight excluding hydrogens is 328 g/mol. The molecule has 1 rings (SSSR count). The van der Waals surface area contributed by atoms with Crippen molar-refractivity contribution in [3.8, 4) is 0 Å². The molecule has 0 heterocycles. The Hall–Kier alpha value is -1.68. The maximum Gasteiger partial charge on any atom is 0.327 e. The van der Waals surface area contributed by atoms with E-state index >= 15 is 0 Å². The molecular formula is C22H34O4. The van der Waals surface area contributed by atoms with Crippen LogP contribution in [0.4, 0.5) is 0 Å². The summed E-state index contributed by atoms with van der Waals surface area (Å²) < 4.78 is 0. The minimum atomic E-state index is -0.923. The molecule has 0 aromatic carbocycles. The van der Waals surface area contributed by atoms with Crippen LogP contribution in [0, 0.1) is 17.8 Å². The Morgan fingerprint density at radius 2 is 2.08 bits per heavy atom. The van der Waals surface area contributed by atoms with Gasteiger partial charge in [0.25, 0.3) is 0 Å². The molecule has 0 aliphatic heterocycles. The van der Waals surface area contributed by atoms with E-state index in [1.165, 1.54) is 12.8 Å². The number of aliphatic hydroxyl groups is 1. The Labute approximate surface area is 157 Å². The molecule has 2 N–H and O–H groups in total. The quantitative estimate of drug-likeness (QED) is 0.283. The van der Waals surface area contributed by atoms with Gasteiger partial charge in [-0.3, -0.25) is 4.79 Å². The molecule has 26 heavy (non-hydrogen) atoms. The van der Waals surface area contributed by atoms with E-state index in [0.29, 0.717) is 5.92 Å². The van der Waals surface area contributed by atoms with Crippen molar-refractivity contribution >= 4 is 11.8 Å². The van der Waals surface area contributed by atoms with Gasteiger partial charge in [0, 0.05) is 17.9 Å². The number of hydrogen-bond donors (Lipinski definition) is 2. The molecule has 0 aromatic rings. The van der Waals surface area contributed by atoms with Gasteiger partial charge >= 0.3 is 5.97 Å². The molecule has 4 unspecified atom stereocenters. The van der Waals surface area contributed by atoms with Crippen molar-refractivity contribution in [2.75, 3.05) is 0 Å². The smallest absolute Gasteiger partial charge is 0.327 e. The van der Waals surface area contributed by atoms with Crippen LogP contribution >= 0.6 is 0 Å². The molecule has 0 bridgehead atoms. The summed E-state index contributed by atoms with van der Waals surface area (Å²) in [7, 11) is 0. The second-order valence-electron chi connectivity index (χ2n) is 7.41. The summed E-state index contributed by atoms with van der Waals surface area (Å²) >= 11 is 0. The first-order chi connectivity index (χ1) is 12.4. The fourth-order valence-corrected chi connectivity index (χ4v) is 3.41. The first-order valence-corrected chi connectivity index (χ1v) is 9.92. The normalized spacial score (nSPS) is 22.5. The Balaban J connectivity index is 2.38. The van der Waals surface area contributed by atoms with Crippen molar-refractivity contribution in [2.24, 2.45) is 17.8 Å². The third-order valence-electron chi connectivity index (χ3n) is 4.96. The van der Waals surface area contributed by atoms with Crippen LogP contribution in [-0.2, 0) is 9.59 Å². The van der Waals surface area contributed by atoms with Gasteiger partial charge in [0.05, 0.1) is 6.10 Å². The summed E-state index contributed by atoms with van der Waals surface area (Å²) in [6.45, 7) is 4.35. The van der Waals surface area contributed by atoms with Gasteiger partial charge in [0.15, 0.2) is 5.78 Å². The highest BCUT2D eigenvalue weighted by Crippen LogP contribution is 2.29. The number of unbranched alkanes of at least 4 members (excludes halogenated alkanes) is 3. The highest BCUT2D eigenvalue weighted by Gasteiger charge is 2.27. The van der Waals surface area contributed by atoms with E-state index < -0.39 is 12.1 Å². The zero-order valence-electron chi connectivity index (χ0n) is 16.1. The van der Waals surface area contributed by atoms with Crippen LogP contribution < -0.4 is 0 Å². The van der Waals surface area contributed by atoms with Crippen molar-refractivity contribution in [3.05, 3.63) is 36.5 Å². The molecule has 0 fully saturated rings. The molecule has 0 aromatic heterocycles. The maximum absolute atomic E-state index is 12.1. The number of carbonyl (C=O) groups excluding carboxylic acids is 1. The van der Waals surface area contributed by atoms with Crippen LogP contribution in [0.1, 0.15) is 65.2 Å². The van der Waals surface area contributed by atoms with Gasteiger partial charge in [-0.25, -0.2) is 4.79 Å². The second-order valence-corrected chi connectivity index (χ2v) is 7.41. The predicted octanol–water partition coefficient (Wildman–Crippen LogP) is 4.69. The van der Waals surface area contributed by atoms with Gasteiger partial charge in [-0.1, -0.05) is 63.8 Å². The number of rotatable bonds is 13. The van der Waals surface area contributed by atoms with Gasteiger partial charge in [0.1, 0.15) is 0 Å². The number of carboxylic acid groups (broad SMARTS) is 1. The van der Waals surface area contributed by atoms with Crippen LogP contribution in [-0.4, -0.2) is 28.1 Å². The predicted molar refractivity (Wildman–Crippen MR) is 105 cm³/mol. The van der Waals surface area contributed by atoms with E-state index in [1.807, 2.05) is 18.2 Å². The van der Waals surface area contributed by atoms with Gasteiger partial charge in [-0.2, -0.15) is 0 Å². The van der Waals surface area contributed by atoms with Crippen molar-refractivity contribution in [3.63, 3.8) is 0 Å². The highest BCUT2D eigenvalue weighted by atomic mass is 16.4. The summed E-state index contributed by atoms with van der Waals surface area (Å²) in [5, 5.41) is 18.7. The van der Waals surface area contributed by atoms with Crippen molar-refractivity contribution < 1.29 is 19.8 Å². The summed E-state index contributed by atoms with van der Waals surface area (Å²) in [4.78, 5) is 22.5. The molecule has 4 nitrogen and oxygen atoms in total. The molecule has 1 aliphatic rings. The van der Waals surface area contributed by atoms with E-state index in [2.05, 4.69) is 13.8 Å². The van der Waals surface area contributed by atoms with Crippen molar-refractivity contribution in [2.45, 2.75) is 71.3 Å². The van der Waals surface area contributed by atoms with E-state index in [0.717, 1.165) is 44.6 Å². The minimum Gasteiger partial charge on any atom is -0.478 e. The third-order valence-corrected chi connectivity index (χ3v) is 4.96. The number of hydrogen-bond acceptors (Lipinski definition) is 3. The van der Waals surface area contributed by atoms with Crippen LogP contribution in [0.5, 0.6) is 0 Å². The number of aliphatic carboxylic acids is 1. The summed E-state index contributed by atoms with van der Waals surface area (Å²) in [5.74, 6) is -0.235. The molecule has 4 atom stereocenters. The Bertz CT molecular complexity index is 518. The molecule has 1 aliphatic carbocycles. The lowest BCUT2D eigenvalue weighted by molar-refractivity contribution is -0.131. The van der Waals surface area contributed by atoms with E-state index in [-0.39, 0.29) is 17.6 Å². The molecule has 0 spiro atoms. The van der Waals surface area contributed by atoms with Gasteiger partial charge < -0.3 is 10.2 Å². The molecule has 0 saturated heterocycles. The number of carboxylic acids is 1. The lowest BCUT2D eigenvalue weighted by Gasteiger charge is -2.16. The fourth-order valence-electron chi connectivity index (χ4n) is 3.41. The highest BCUT2D eigenvalue weighted by molar-refractivity contribution is 5.94. The maximum atomic E-state index is 12.1. The molecule has 0 radical (unpaired) electrons. The Morgan fingerprint density at radius 1 is 1.31 bits per heavy atom. The lowest BCUT2D eigenvalue weighted by Crippen LogP contribution is -2.15.